The van der Waals surface area contributed by atoms with Crippen molar-refractivity contribution in [3.05, 3.63) is 40.7 Å². The van der Waals surface area contributed by atoms with E-state index in [0.29, 0.717) is 12.1 Å². The van der Waals surface area contributed by atoms with E-state index < -0.39 is 17.4 Å². The molecule has 0 saturated heterocycles. The van der Waals surface area contributed by atoms with Gasteiger partial charge in [-0.3, -0.25) is 4.79 Å². The summed E-state index contributed by atoms with van der Waals surface area (Å²) >= 11 is 1.47. The number of ketones is 1. The highest BCUT2D eigenvalue weighted by Gasteiger charge is 2.48. The standard InChI is InChI=1S/C17H18FNO2S/c1-9-14(13-12(20)8-17(2,3)15(13)21)19-16(22-9)10-4-6-11(18)7-5-10/h4-7,13,15,21H,8H2,1-3H3. The fraction of sp³-hybridized carbons (Fsp3) is 0.412. The molecule has 5 heteroatoms. The molecule has 1 aromatic heterocycles. The fourth-order valence-corrected chi connectivity index (χ4v) is 3.97. The third-order valence-corrected chi connectivity index (χ3v) is 5.35. The molecule has 0 aliphatic heterocycles. The van der Waals surface area contributed by atoms with Crippen LogP contribution in [0.5, 0.6) is 0 Å². The summed E-state index contributed by atoms with van der Waals surface area (Å²) < 4.78 is 13.0. The number of aromatic nitrogens is 1. The normalized spacial score (nSPS) is 24.0. The minimum absolute atomic E-state index is 0.0385. The zero-order valence-corrected chi connectivity index (χ0v) is 13.6. The average Bonchev–Trinajstić information content (AvgIpc) is 2.89. The quantitative estimate of drug-likeness (QED) is 0.918. The number of thiazole rings is 1. The van der Waals surface area contributed by atoms with Gasteiger partial charge in [0.15, 0.2) is 0 Å². The summed E-state index contributed by atoms with van der Waals surface area (Å²) in [6.07, 6.45) is -0.358. The number of halogens is 1. The molecule has 2 unspecified atom stereocenters. The van der Waals surface area contributed by atoms with Crippen LogP contribution in [0.3, 0.4) is 0 Å². The molecule has 1 fully saturated rings. The first kappa shape index (κ1) is 15.3. The van der Waals surface area contributed by atoms with E-state index in [9.17, 15) is 14.3 Å². The van der Waals surface area contributed by atoms with Gasteiger partial charge in [0, 0.05) is 16.9 Å². The molecule has 3 rings (SSSR count). The van der Waals surface area contributed by atoms with Crippen LogP contribution in [0.15, 0.2) is 24.3 Å². The Balaban J connectivity index is 2.00. The number of aryl methyl sites for hydroxylation is 1. The Morgan fingerprint density at radius 3 is 2.50 bits per heavy atom. The molecule has 1 aromatic carbocycles. The third-order valence-electron chi connectivity index (χ3n) is 4.31. The number of aliphatic hydroxyl groups is 1. The molecule has 1 N–H and O–H groups in total. The second-order valence-electron chi connectivity index (χ2n) is 6.52. The van der Waals surface area contributed by atoms with Crippen molar-refractivity contribution in [1.29, 1.82) is 0 Å². The van der Waals surface area contributed by atoms with Crippen LogP contribution in [0, 0.1) is 18.2 Å². The van der Waals surface area contributed by atoms with Gasteiger partial charge in [-0.1, -0.05) is 13.8 Å². The van der Waals surface area contributed by atoms with E-state index >= 15 is 0 Å². The Morgan fingerprint density at radius 1 is 1.32 bits per heavy atom. The zero-order chi connectivity index (χ0) is 16.1. The number of hydrogen-bond donors (Lipinski definition) is 1. The highest BCUT2D eigenvalue weighted by molar-refractivity contribution is 7.15. The Hall–Kier alpha value is -1.59. The van der Waals surface area contributed by atoms with Crippen molar-refractivity contribution in [2.24, 2.45) is 5.41 Å². The number of hydrogen-bond acceptors (Lipinski definition) is 4. The van der Waals surface area contributed by atoms with E-state index in [1.807, 2.05) is 20.8 Å². The molecule has 1 saturated carbocycles. The molecule has 0 spiro atoms. The summed E-state index contributed by atoms with van der Waals surface area (Å²) in [4.78, 5) is 17.8. The number of rotatable bonds is 2. The first-order valence-corrected chi connectivity index (χ1v) is 8.05. The molecule has 2 atom stereocenters. The molecule has 116 valence electrons. The van der Waals surface area contributed by atoms with Gasteiger partial charge in [-0.25, -0.2) is 9.37 Å². The van der Waals surface area contributed by atoms with Gasteiger partial charge >= 0.3 is 0 Å². The number of benzene rings is 1. The van der Waals surface area contributed by atoms with E-state index in [-0.39, 0.29) is 11.6 Å². The molecule has 22 heavy (non-hydrogen) atoms. The van der Waals surface area contributed by atoms with Crippen LogP contribution in [-0.2, 0) is 4.79 Å². The van der Waals surface area contributed by atoms with Gasteiger partial charge in [0.1, 0.15) is 16.6 Å². The van der Waals surface area contributed by atoms with Crippen LogP contribution in [-0.4, -0.2) is 22.0 Å². The highest BCUT2D eigenvalue weighted by Crippen LogP contribution is 2.45. The minimum atomic E-state index is -0.720. The first-order chi connectivity index (χ1) is 10.3. The molecular formula is C17H18FNO2S. The van der Waals surface area contributed by atoms with E-state index in [1.165, 1.54) is 23.5 Å². The Bertz CT molecular complexity index is 721. The van der Waals surface area contributed by atoms with Crippen molar-refractivity contribution >= 4 is 17.1 Å². The molecule has 0 radical (unpaired) electrons. The monoisotopic (exact) mass is 319 g/mol. The SMILES string of the molecule is Cc1sc(-c2ccc(F)cc2)nc1C1C(=O)CC(C)(C)C1O. The van der Waals surface area contributed by atoms with Gasteiger partial charge in [-0.15, -0.1) is 11.3 Å². The number of Topliss-reactive ketones (excluding diaryl/α,β-unsaturated/α-hetero) is 1. The number of carbonyl (C=O) groups excluding carboxylic acids is 1. The molecule has 0 amide bonds. The van der Waals surface area contributed by atoms with Crippen LogP contribution >= 0.6 is 11.3 Å². The van der Waals surface area contributed by atoms with Crippen molar-refractivity contribution in [2.75, 3.05) is 0 Å². The zero-order valence-electron chi connectivity index (χ0n) is 12.8. The van der Waals surface area contributed by atoms with Crippen LogP contribution in [0.4, 0.5) is 4.39 Å². The Morgan fingerprint density at radius 2 is 1.95 bits per heavy atom. The van der Waals surface area contributed by atoms with Crippen LogP contribution in [0.2, 0.25) is 0 Å². The van der Waals surface area contributed by atoms with Crippen molar-refractivity contribution in [1.82, 2.24) is 4.98 Å². The van der Waals surface area contributed by atoms with Gasteiger partial charge in [0.25, 0.3) is 0 Å². The van der Waals surface area contributed by atoms with Crippen molar-refractivity contribution < 1.29 is 14.3 Å². The Labute approximate surface area is 132 Å². The lowest BCUT2D eigenvalue weighted by molar-refractivity contribution is -0.119. The highest BCUT2D eigenvalue weighted by atomic mass is 32.1. The average molecular weight is 319 g/mol. The van der Waals surface area contributed by atoms with E-state index in [1.54, 1.807) is 12.1 Å². The molecule has 1 heterocycles. The second-order valence-corrected chi connectivity index (χ2v) is 7.72. The summed E-state index contributed by atoms with van der Waals surface area (Å²) in [6.45, 7) is 5.71. The van der Waals surface area contributed by atoms with Gasteiger partial charge in [0.2, 0.25) is 0 Å². The maximum absolute atomic E-state index is 13.0. The predicted molar refractivity (Wildman–Crippen MR) is 84.4 cm³/mol. The fourth-order valence-electron chi connectivity index (χ4n) is 3.01. The molecule has 1 aliphatic carbocycles. The van der Waals surface area contributed by atoms with E-state index in [4.69, 9.17) is 0 Å². The van der Waals surface area contributed by atoms with Gasteiger partial charge in [-0.2, -0.15) is 0 Å². The van der Waals surface area contributed by atoms with Crippen LogP contribution in [0.25, 0.3) is 10.6 Å². The van der Waals surface area contributed by atoms with Gasteiger partial charge in [0.05, 0.1) is 17.7 Å². The summed E-state index contributed by atoms with van der Waals surface area (Å²) in [5.41, 5.74) is 1.06. The number of aliphatic hydroxyl groups excluding tert-OH is 1. The maximum Gasteiger partial charge on any atom is 0.145 e. The van der Waals surface area contributed by atoms with Crippen LogP contribution < -0.4 is 0 Å². The molecule has 2 aromatic rings. The molecular weight excluding hydrogens is 301 g/mol. The van der Waals surface area contributed by atoms with Crippen LogP contribution in [0.1, 0.15) is 36.8 Å². The first-order valence-electron chi connectivity index (χ1n) is 7.23. The van der Waals surface area contributed by atoms with Crippen molar-refractivity contribution in [2.45, 2.75) is 39.2 Å². The Kier molecular flexibility index (Phi) is 3.65. The minimum Gasteiger partial charge on any atom is -0.391 e. The van der Waals surface area contributed by atoms with Crippen molar-refractivity contribution in [3.8, 4) is 10.6 Å². The maximum atomic E-state index is 13.0. The summed E-state index contributed by atoms with van der Waals surface area (Å²) in [7, 11) is 0. The number of carbonyl (C=O) groups is 1. The second kappa shape index (κ2) is 5.25. The molecule has 0 bridgehead atoms. The number of nitrogens with zero attached hydrogens (tertiary/aromatic N) is 1. The molecule has 1 aliphatic rings. The lowest BCUT2D eigenvalue weighted by Gasteiger charge is -2.23. The van der Waals surface area contributed by atoms with E-state index in [0.717, 1.165) is 15.4 Å². The topological polar surface area (TPSA) is 50.2 Å². The third kappa shape index (κ3) is 2.48. The predicted octanol–water partition coefficient (Wildman–Crippen LogP) is 3.70. The summed E-state index contributed by atoms with van der Waals surface area (Å²) in [5, 5.41) is 11.2. The van der Waals surface area contributed by atoms with Gasteiger partial charge < -0.3 is 5.11 Å². The molecule has 3 nitrogen and oxygen atoms in total. The lowest BCUT2D eigenvalue weighted by Crippen LogP contribution is -2.27. The summed E-state index contributed by atoms with van der Waals surface area (Å²) in [5.74, 6) is -0.808. The van der Waals surface area contributed by atoms with E-state index in [2.05, 4.69) is 4.98 Å². The van der Waals surface area contributed by atoms with Crippen molar-refractivity contribution in [3.63, 3.8) is 0 Å². The largest absolute Gasteiger partial charge is 0.391 e. The smallest absolute Gasteiger partial charge is 0.145 e. The lowest BCUT2D eigenvalue weighted by atomic mass is 9.86. The summed E-state index contributed by atoms with van der Waals surface area (Å²) in [6, 6.07) is 6.14. The van der Waals surface area contributed by atoms with Gasteiger partial charge in [-0.05, 0) is 36.6 Å².